The zero-order valence-electron chi connectivity index (χ0n) is 13.0. The minimum atomic E-state index is 0.673. The molecule has 0 fully saturated rings. The molecule has 0 aliphatic rings. The van der Waals surface area contributed by atoms with Gasteiger partial charge >= 0.3 is 0 Å². The Morgan fingerprint density at radius 2 is 2.00 bits per heavy atom. The Kier molecular flexibility index (Phi) is 4.96. The summed E-state index contributed by atoms with van der Waals surface area (Å²) in [7, 11) is 0. The van der Waals surface area contributed by atoms with Crippen LogP contribution in [0.2, 0.25) is 0 Å². The van der Waals surface area contributed by atoms with Crippen LogP contribution < -0.4 is 5.32 Å². The molecule has 0 saturated heterocycles. The molecule has 0 atom stereocenters. The molecule has 3 nitrogen and oxygen atoms in total. The number of nitrogens with zero attached hydrogens (tertiary/aromatic N) is 2. The van der Waals surface area contributed by atoms with Crippen molar-refractivity contribution in [2.45, 2.75) is 40.7 Å². The highest BCUT2D eigenvalue weighted by Crippen LogP contribution is 2.18. The number of aromatic nitrogens is 2. The molecule has 0 aliphatic carbocycles. The largest absolute Gasteiger partial charge is 0.312 e. The lowest BCUT2D eigenvalue weighted by Crippen LogP contribution is -2.19. The van der Waals surface area contributed by atoms with Gasteiger partial charge in [0.2, 0.25) is 0 Å². The first-order chi connectivity index (χ1) is 9.63. The van der Waals surface area contributed by atoms with Gasteiger partial charge < -0.3 is 5.32 Å². The molecule has 2 rings (SSSR count). The van der Waals surface area contributed by atoms with E-state index in [9.17, 15) is 0 Å². The number of benzene rings is 1. The molecule has 0 radical (unpaired) electrons. The van der Waals surface area contributed by atoms with Crippen molar-refractivity contribution in [1.29, 1.82) is 0 Å². The molecule has 0 saturated carbocycles. The zero-order chi connectivity index (χ0) is 14.5. The van der Waals surface area contributed by atoms with Gasteiger partial charge in [0.25, 0.3) is 0 Å². The molecule has 20 heavy (non-hydrogen) atoms. The summed E-state index contributed by atoms with van der Waals surface area (Å²) in [4.78, 5) is 0. The molecule has 108 valence electrons. The highest BCUT2D eigenvalue weighted by Gasteiger charge is 2.11. The SMILES string of the molecule is CCc1c(CNCC(C)C)cnn1-c1ccccc1C. The maximum Gasteiger partial charge on any atom is 0.0678 e. The van der Waals surface area contributed by atoms with Crippen molar-refractivity contribution in [3.8, 4) is 5.69 Å². The van der Waals surface area contributed by atoms with Gasteiger partial charge in [0.1, 0.15) is 0 Å². The van der Waals surface area contributed by atoms with Crippen LogP contribution in [0.25, 0.3) is 5.69 Å². The number of nitrogens with one attached hydrogen (secondary N) is 1. The summed E-state index contributed by atoms with van der Waals surface area (Å²) < 4.78 is 2.09. The van der Waals surface area contributed by atoms with E-state index in [1.54, 1.807) is 0 Å². The highest BCUT2D eigenvalue weighted by atomic mass is 15.3. The molecule has 0 aliphatic heterocycles. The fourth-order valence-corrected chi connectivity index (χ4v) is 2.44. The molecule has 1 heterocycles. The second-order valence-corrected chi connectivity index (χ2v) is 5.69. The second-order valence-electron chi connectivity index (χ2n) is 5.69. The van der Waals surface area contributed by atoms with E-state index in [0.717, 1.165) is 19.5 Å². The zero-order valence-corrected chi connectivity index (χ0v) is 13.0. The molecule has 3 heteroatoms. The summed E-state index contributed by atoms with van der Waals surface area (Å²) in [6.07, 6.45) is 2.99. The van der Waals surface area contributed by atoms with Gasteiger partial charge in [-0.1, -0.05) is 39.0 Å². The van der Waals surface area contributed by atoms with Crippen LogP contribution in [0.1, 0.15) is 37.6 Å². The standard InChI is InChI=1S/C17H25N3/c1-5-16-15(11-18-10-13(2)3)12-19-20(16)17-9-7-6-8-14(17)4/h6-9,12-13,18H,5,10-11H2,1-4H3. The van der Waals surface area contributed by atoms with E-state index in [2.05, 4.69) is 67.1 Å². The molecular formula is C17H25N3. The summed E-state index contributed by atoms with van der Waals surface area (Å²) in [5.74, 6) is 0.673. The van der Waals surface area contributed by atoms with Crippen molar-refractivity contribution in [3.05, 3.63) is 47.3 Å². The van der Waals surface area contributed by atoms with Crippen molar-refractivity contribution in [1.82, 2.24) is 15.1 Å². The van der Waals surface area contributed by atoms with Crippen LogP contribution >= 0.6 is 0 Å². The number of hydrogen-bond acceptors (Lipinski definition) is 2. The first-order valence-corrected chi connectivity index (χ1v) is 7.46. The predicted octanol–water partition coefficient (Wildman–Crippen LogP) is 3.49. The average Bonchev–Trinajstić information content (AvgIpc) is 2.81. The van der Waals surface area contributed by atoms with Gasteiger partial charge in [-0.05, 0) is 37.4 Å². The van der Waals surface area contributed by atoms with Crippen LogP contribution in [0.3, 0.4) is 0 Å². The van der Waals surface area contributed by atoms with E-state index in [0.29, 0.717) is 5.92 Å². The quantitative estimate of drug-likeness (QED) is 0.871. The van der Waals surface area contributed by atoms with Gasteiger partial charge in [0.05, 0.1) is 11.9 Å². The number of para-hydroxylation sites is 1. The normalized spacial score (nSPS) is 11.2. The summed E-state index contributed by atoms with van der Waals surface area (Å²) in [5, 5.41) is 8.09. The van der Waals surface area contributed by atoms with E-state index >= 15 is 0 Å². The van der Waals surface area contributed by atoms with E-state index in [1.807, 2.05) is 6.20 Å². The van der Waals surface area contributed by atoms with Gasteiger partial charge in [-0.15, -0.1) is 0 Å². The fraction of sp³-hybridized carbons (Fsp3) is 0.471. The van der Waals surface area contributed by atoms with Crippen molar-refractivity contribution in [3.63, 3.8) is 0 Å². The molecule has 1 aromatic carbocycles. The third-order valence-corrected chi connectivity index (χ3v) is 3.50. The highest BCUT2D eigenvalue weighted by molar-refractivity contribution is 5.41. The van der Waals surface area contributed by atoms with Crippen LogP contribution in [0.4, 0.5) is 0 Å². The Labute approximate surface area is 122 Å². The van der Waals surface area contributed by atoms with Crippen molar-refractivity contribution < 1.29 is 0 Å². The molecule has 0 unspecified atom stereocenters. The topological polar surface area (TPSA) is 29.9 Å². The Balaban J connectivity index is 2.23. The minimum absolute atomic E-state index is 0.673. The first-order valence-electron chi connectivity index (χ1n) is 7.46. The third kappa shape index (κ3) is 3.28. The Hall–Kier alpha value is -1.61. The van der Waals surface area contributed by atoms with Gasteiger partial charge in [-0.2, -0.15) is 5.10 Å². The van der Waals surface area contributed by atoms with Gasteiger partial charge in [0.15, 0.2) is 0 Å². The summed E-state index contributed by atoms with van der Waals surface area (Å²) >= 11 is 0. The lowest BCUT2D eigenvalue weighted by atomic mass is 10.1. The fourth-order valence-electron chi connectivity index (χ4n) is 2.44. The van der Waals surface area contributed by atoms with Gasteiger partial charge in [0, 0.05) is 17.8 Å². The van der Waals surface area contributed by atoms with Crippen LogP contribution in [0, 0.1) is 12.8 Å². The maximum atomic E-state index is 4.59. The molecule has 0 bridgehead atoms. The Bertz CT molecular complexity index is 555. The van der Waals surface area contributed by atoms with Crippen LogP contribution in [-0.2, 0) is 13.0 Å². The molecular weight excluding hydrogens is 246 g/mol. The lowest BCUT2D eigenvalue weighted by Gasteiger charge is -2.11. The summed E-state index contributed by atoms with van der Waals surface area (Å²) in [6.45, 7) is 10.7. The Morgan fingerprint density at radius 3 is 2.65 bits per heavy atom. The minimum Gasteiger partial charge on any atom is -0.312 e. The molecule has 1 N–H and O–H groups in total. The number of hydrogen-bond donors (Lipinski definition) is 1. The number of rotatable bonds is 6. The molecule has 2 aromatic rings. The van der Waals surface area contributed by atoms with Gasteiger partial charge in [-0.25, -0.2) is 4.68 Å². The molecule has 1 aromatic heterocycles. The van der Waals surface area contributed by atoms with Crippen LogP contribution in [0.5, 0.6) is 0 Å². The second kappa shape index (κ2) is 6.71. The molecule has 0 spiro atoms. The van der Waals surface area contributed by atoms with Gasteiger partial charge in [-0.3, -0.25) is 0 Å². The average molecular weight is 271 g/mol. The van der Waals surface area contributed by atoms with Crippen molar-refractivity contribution >= 4 is 0 Å². The maximum absolute atomic E-state index is 4.59. The Morgan fingerprint density at radius 1 is 1.25 bits per heavy atom. The van der Waals surface area contributed by atoms with E-state index in [-0.39, 0.29) is 0 Å². The van der Waals surface area contributed by atoms with Crippen molar-refractivity contribution in [2.75, 3.05) is 6.54 Å². The van der Waals surface area contributed by atoms with E-state index in [1.165, 1.54) is 22.5 Å². The summed E-state index contributed by atoms with van der Waals surface area (Å²) in [5.41, 5.74) is 5.04. The lowest BCUT2D eigenvalue weighted by molar-refractivity contribution is 0.551. The van der Waals surface area contributed by atoms with E-state index < -0.39 is 0 Å². The van der Waals surface area contributed by atoms with E-state index in [4.69, 9.17) is 0 Å². The molecule has 0 amide bonds. The van der Waals surface area contributed by atoms with Crippen molar-refractivity contribution in [2.24, 2.45) is 5.92 Å². The van der Waals surface area contributed by atoms with Crippen LogP contribution in [-0.4, -0.2) is 16.3 Å². The summed E-state index contributed by atoms with van der Waals surface area (Å²) in [6, 6.07) is 8.40. The predicted molar refractivity (Wildman–Crippen MR) is 84.2 cm³/mol. The third-order valence-electron chi connectivity index (χ3n) is 3.50. The first kappa shape index (κ1) is 14.8. The van der Waals surface area contributed by atoms with Crippen LogP contribution in [0.15, 0.2) is 30.5 Å². The number of aryl methyl sites for hydroxylation is 1. The smallest absolute Gasteiger partial charge is 0.0678 e. The monoisotopic (exact) mass is 271 g/mol.